The minimum absolute atomic E-state index is 0.0288. The predicted molar refractivity (Wildman–Crippen MR) is 35.1 cm³/mol. The van der Waals surface area contributed by atoms with Gasteiger partial charge in [0.2, 0.25) is 17.7 Å². The molecule has 0 radical (unpaired) electrons. The van der Waals surface area contributed by atoms with Crippen LogP contribution in [0.25, 0.3) is 0 Å². The van der Waals surface area contributed by atoms with Gasteiger partial charge in [-0.1, -0.05) is 0 Å². The van der Waals surface area contributed by atoms with Crippen molar-refractivity contribution in [3.05, 3.63) is 0 Å². The second kappa shape index (κ2) is 2.69. The Labute approximate surface area is 62.9 Å². The monoisotopic (exact) mass is 156 g/mol. The zero-order valence-corrected chi connectivity index (χ0v) is 5.79. The quantitative estimate of drug-likeness (QED) is 0.454. The number of imide groups is 1. The topological polar surface area (TPSA) is 89.3 Å². The zero-order chi connectivity index (χ0) is 8.43. The molecule has 0 aromatic carbocycles. The van der Waals surface area contributed by atoms with Crippen LogP contribution >= 0.6 is 0 Å². The van der Waals surface area contributed by atoms with E-state index >= 15 is 0 Å². The van der Waals surface area contributed by atoms with E-state index in [1.165, 1.54) is 0 Å². The van der Waals surface area contributed by atoms with Gasteiger partial charge in [-0.05, 0) is 0 Å². The molecule has 0 aromatic rings. The fourth-order valence-corrected chi connectivity index (χ4v) is 0.979. The Hall–Kier alpha value is -1.39. The summed E-state index contributed by atoms with van der Waals surface area (Å²) >= 11 is 0. The van der Waals surface area contributed by atoms with Crippen LogP contribution in [-0.4, -0.2) is 17.7 Å². The van der Waals surface area contributed by atoms with Crippen LogP contribution in [0, 0.1) is 5.92 Å². The van der Waals surface area contributed by atoms with Crippen molar-refractivity contribution >= 4 is 17.7 Å². The first-order chi connectivity index (χ1) is 5.09. The van der Waals surface area contributed by atoms with Crippen LogP contribution in [0.2, 0.25) is 0 Å². The minimum Gasteiger partial charge on any atom is -0.369 e. The molecular formula is C6H8N2O3. The number of nitrogens with two attached hydrogens (primary N) is 1. The molecule has 0 atom stereocenters. The number of hydrogen-bond donors (Lipinski definition) is 2. The van der Waals surface area contributed by atoms with Gasteiger partial charge < -0.3 is 5.73 Å². The zero-order valence-electron chi connectivity index (χ0n) is 5.79. The van der Waals surface area contributed by atoms with Crippen LogP contribution in [0.15, 0.2) is 0 Å². The van der Waals surface area contributed by atoms with Crippen molar-refractivity contribution in [2.45, 2.75) is 12.8 Å². The predicted octanol–water partition coefficient (Wildman–Crippen LogP) is -1.48. The summed E-state index contributed by atoms with van der Waals surface area (Å²) in [6.07, 6.45) is 0.0577. The van der Waals surface area contributed by atoms with Crippen LogP contribution in [-0.2, 0) is 14.4 Å². The van der Waals surface area contributed by atoms with Gasteiger partial charge in [-0.25, -0.2) is 0 Å². The van der Waals surface area contributed by atoms with E-state index in [9.17, 15) is 14.4 Å². The van der Waals surface area contributed by atoms with E-state index in [2.05, 4.69) is 5.32 Å². The van der Waals surface area contributed by atoms with Gasteiger partial charge in [-0.2, -0.15) is 0 Å². The highest BCUT2D eigenvalue weighted by molar-refractivity contribution is 6.01. The average molecular weight is 156 g/mol. The first-order valence-corrected chi connectivity index (χ1v) is 3.21. The van der Waals surface area contributed by atoms with Gasteiger partial charge in [0.25, 0.3) is 0 Å². The fourth-order valence-electron chi connectivity index (χ4n) is 0.979. The van der Waals surface area contributed by atoms with Crippen LogP contribution < -0.4 is 11.1 Å². The second-order valence-corrected chi connectivity index (χ2v) is 2.48. The van der Waals surface area contributed by atoms with E-state index in [-0.39, 0.29) is 12.8 Å². The average Bonchev–Trinajstić information content (AvgIpc) is 1.85. The number of rotatable bonds is 1. The maximum absolute atomic E-state index is 10.6. The molecule has 5 nitrogen and oxygen atoms in total. The van der Waals surface area contributed by atoms with E-state index in [0.717, 1.165) is 0 Å². The third-order valence-electron chi connectivity index (χ3n) is 1.54. The lowest BCUT2D eigenvalue weighted by molar-refractivity contribution is -0.139. The molecule has 11 heavy (non-hydrogen) atoms. The molecule has 0 unspecified atom stereocenters. The molecular weight excluding hydrogens is 148 g/mol. The van der Waals surface area contributed by atoms with Gasteiger partial charge >= 0.3 is 0 Å². The summed E-state index contributed by atoms with van der Waals surface area (Å²) in [5.74, 6) is -2.06. The molecule has 1 aliphatic heterocycles. The van der Waals surface area contributed by atoms with Gasteiger partial charge in [0.15, 0.2) is 0 Å². The number of hydrogen-bond acceptors (Lipinski definition) is 3. The van der Waals surface area contributed by atoms with Crippen LogP contribution in [0.4, 0.5) is 0 Å². The van der Waals surface area contributed by atoms with Gasteiger partial charge in [-0.15, -0.1) is 0 Å². The second-order valence-electron chi connectivity index (χ2n) is 2.48. The van der Waals surface area contributed by atoms with Crippen LogP contribution in [0.3, 0.4) is 0 Å². The summed E-state index contributed by atoms with van der Waals surface area (Å²) in [6.45, 7) is 0. The van der Waals surface area contributed by atoms with E-state index in [0.29, 0.717) is 0 Å². The molecule has 0 bridgehead atoms. The fraction of sp³-hybridized carbons (Fsp3) is 0.500. The highest BCUT2D eigenvalue weighted by Crippen LogP contribution is 2.11. The largest absolute Gasteiger partial charge is 0.369 e. The Balaban J connectivity index is 2.63. The lowest BCUT2D eigenvalue weighted by Crippen LogP contribution is -2.42. The van der Waals surface area contributed by atoms with Crippen LogP contribution in [0.5, 0.6) is 0 Å². The number of amides is 3. The molecule has 1 saturated heterocycles. The van der Waals surface area contributed by atoms with Crippen molar-refractivity contribution < 1.29 is 14.4 Å². The van der Waals surface area contributed by atoms with Crippen molar-refractivity contribution in [3.63, 3.8) is 0 Å². The summed E-state index contributed by atoms with van der Waals surface area (Å²) in [4.78, 5) is 31.8. The summed E-state index contributed by atoms with van der Waals surface area (Å²) in [7, 11) is 0. The van der Waals surface area contributed by atoms with Gasteiger partial charge in [0.1, 0.15) is 0 Å². The molecule has 0 aliphatic carbocycles. The molecule has 0 aromatic heterocycles. The third-order valence-corrected chi connectivity index (χ3v) is 1.54. The third kappa shape index (κ3) is 1.76. The molecule has 5 heteroatoms. The molecule has 3 amide bonds. The van der Waals surface area contributed by atoms with Crippen molar-refractivity contribution in [1.82, 2.24) is 5.32 Å². The summed E-state index contributed by atoms with van der Waals surface area (Å²) in [5.41, 5.74) is 4.92. The summed E-state index contributed by atoms with van der Waals surface area (Å²) in [5, 5.41) is 2.08. The molecule has 1 heterocycles. The highest BCUT2D eigenvalue weighted by Gasteiger charge is 2.28. The number of primary amides is 1. The molecule has 0 saturated carbocycles. The number of carbonyl (C=O) groups excluding carboxylic acids is 3. The van der Waals surface area contributed by atoms with Gasteiger partial charge in [-0.3, -0.25) is 19.7 Å². The molecule has 0 spiro atoms. The molecule has 1 fully saturated rings. The highest BCUT2D eigenvalue weighted by atomic mass is 16.2. The molecule has 60 valence electrons. The van der Waals surface area contributed by atoms with E-state index in [1.807, 2.05) is 0 Å². The standard InChI is InChI=1S/C6H8N2O3/c7-6(11)3-1-4(9)8-5(10)2-3/h3H,1-2H2,(H2,7,11)(H,8,9,10). The smallest absolute Gasteiger partial charge is 0.227 e. The first-order valence-electron chi connectivity index (χ1n) is 3.21. The summed E-state index contributed by atoms with van der Waals surface area (Å²) < 4.78 is 0. The first kappa shape index (κ1) is 7.71. The number of piperidine rings is 1. The lowest BCUT2D eigenvalue weighted by atomic mass is 9.97. The number of carbonyl (C=O) groups is 3. The Kier molecular flexibility index (Phi) is 1.89. The van der Waals surface area contributed by atoms with Crippen LogP contribution in [0.1, 0.15) is 12.8 Å². The van der Waals surface area contributed by atoms with Crippen molar-refractivity contribution in [2.24, 2.45) is 11.7 Å². The molecule has 1 aliphatic rings. The Bertz CT molecular complexity index is 208. The van der Waals surface area contributed by atoms with E-state index in [1.54, 1.807) is 0 Å². The normalized spacial score (nSPS) is 19.6. The Morgan fingerprint density at radius 1 is 1.36 bits per heavy atom. The number of nitrogens with one attached hydrogen (secondary N) is 1. The van der Waals surface area contributed by atoms with Gasteiger partial charge in [0.05, 0.1) is 5.92 Å². The van der Waals surface area contributed by atoms with Crippen molar-refractivity contribution in [2.75, 3.05) is 0 Å². The van der Waals surface area contributed by atoms with E-state index < -0.39 is 23.6 Å². The molecule has 1 rings (SSSR count). The minimum atomic E-state index is -0.615. The molecule has 3 N–H and O–H groups in total. The van der Waals surface area contributed by atoms with Crippen molar-refractivity contribution in [3.8, 4) is 0 Å². The maximum Gasteiger partial charge on any atom is 0.227 e. The lowest BCUT2D eigenvalue weighted by Gasteiger charge is -2.17. The Morgan fingerprint density at radius 2 is 1.82 bits per heavy atom. The maximum atomic E-state index is 10.6. The Morgan fingerprint density at radius 3 is 2.18 bits per heavy atom. The van der Waals surface area contributed by atoms with E-state index in [4.69, 9.17) is 5.73 Å². The summed E-state index contributed by atoms with van der Waals surface area (Å²) in [6, 6.07) is 0. The van der Waals surface area contributed by atoms with Gasteiger partial charge in [0, 0.05) is 12.8 Å². The SMILES string of the molecule is NC(=O)C1CC(=O)NC(=O)C1. The van der Waals surface area contributed by atoms with Crippen molar-refractivity contribution in [1.29, 1.82) is 0 Å².